The molecule has 2 aliphatic heterocycles. The summed E-state index contributed by atoms with van der Waals surface area (Å²) >= 11 is 6.17. The molecule has 2 heterocycles. The number of nitriles is 1. The lowest BCUT2D eigenvalue weighted by Crippen LogP contribution is -2.51. The van der Waals surface area contributed by atoms with E-state index in [0.717, 1.165) is 11.3 Å². The molecule has 2 atom stereocenters. The fourth-order valence-electron chi connectivity index (χ4n) is 3.84. The molecule has 0 bridgehead atoms. The summed E-state index contributed by atoms with van der Waals surface area (Å²) in [5, 5.41) is 27.7. The molecular formula is C22H23ClN4O2. The normalized spacial score (nSPS) is 24.9. The van der Waals surface area contributed by atoms with Gasteiger partial charge in [0.15, 0.2) is 5.96 Å². The maximum atomic E-state index is 11.0. The molecule has 0 aliphatic carbocycles. The van der Waals surface area contributed by atoms with Gasteiger partial charge in [0.1, 0.15) is 23.5 Å². The summed E-state index contributed by atoms with van der Waals surface area (Å²) in [4.78, 5) is 4.83. The standard InChI is InChI=1S/C22H23ClN4O2/c1-21(2)15-10-13(23)6-7-16(15)25-20(27-21)26-18-14-9-12(11-24)5-8-17(14)29-22(3,4)19(18)28/h5-10,18-19,28H,1-4H3,(H2,25,26,27)/t18-,19+/m1/s1. The number of hydrogen-bond donors (Lipinski definition) is 3. The number of aliphatic hydroxyl groups excluding tert-OH is 1. The van der Waals surface area contributed by atoms with Gasteiger partial charge in [-0.05, 0) is 64.1 Å². The molecule has 4 rings (SSSR count). The first kappa shape index (κ1) is 19.6. The number of nitrogens with one attached hydrogen (secondary N) is 2. The Kier molecular flexibility index (Phi) is 4.49. The molecule has 0 amide bonds. The van der Waals surface area contributed by atoms with E-state index in [9.17, 15) is 10.4 Å². The fraction of sp³-hybridized carbons (Fsp3) is 0.364. The van der Waals surface area contributed by atoms with E-state index in [1.165, 1.54) is 0 Å². The number of nitrogens with zero attached hydrogens (tertiary/aromatic N) is 2. The summed E-state index contributed by atoms with van der Waals surface area (Å²) in [5.74, 6) is 1.16. The minimum Gasteiger partial charge on any atom is -0.485 e. The number of anilines is 1. The van der Waals surface area contributed by atoms with Crippen LogP contribution in [0, 0.1) is 11.3 Å². The molecule has 0 saturated carbocycles. The van der Waals surface area contributed by atoms with Gasteiger partial charge in [-0.2, -0.15) is 5.26 Å². The van der Waals surface area contributed by atoms with Gasteiger partial charge in [-0.15, -0.1) is 0 Å². The molecular weight excluding hydrogens is 388 g/mol. The van der Waals surface area contributed by atoms with Crippen LogP contribution in [0.4, 0.5) is 5.69 Å². The van der Waals surface area contributed by atoms with E-state index in [-0.39, 0.29) is 0 Å². The van der Waals surface area contributed by atoms with Crippen molar-refractivity contribution in [2.45, 2.75) is 51.0 Å². The SMILES string of the molecule is CC1(C)NC(=N[C@@H]2c3cc(C#N)ccc3OC(C)(C)[C@H]2O)Nc2ccc(Cl)cc21. The number of fused-ring (bicyclic) bond motifs is 2. The Morgan fingerprint density at radius 2 is 1.93 bits per heavy atom. The largest absolute Gasteiger partial charge is 0.485 e. The Balaban J connectivity index is 1.79. The predicted octanol–water partition coefficient (Wildman–Crippen LogP) is 4.09. The highest BCUT2D eigenvalue weighted by Crippen LogP contribution is 2.43. The molecule has 0 unspecified atom stereocenters. The third-order valence-corrected chi connectivity index (χ3v) is 5.68. The number of halogens is 1. The summed E-state index contributed by atoms with van der Waals surface area (Å²) < 4.78 is 5.98. The van der Waals surface area contributed by atoms with Crippen molar-refractivity contribution in [2.24, 2.45) is 4.99 Å². The third kappa shape index (κ3) is 3.41. The number of aliphatic hydroxyl groups is 1. The Labute approximate surface area is 175 Å². The van der Waals surface area contributed by atoms with Gasteiger partial charge >= 0.3 is 0 Å². The third-order valence-electron chi connectivity index (χ3n) is 5.45. The van der Waals surface area contributed by atoms with E-state index < -0.39 is 23.3 Å². The number of benzene rings is 2. The van der Waals surface area contributed by atoms with Crippen molar-refractivity contribution in [2.75, 3.05) is 5.32 Å². The quantitative estimate of drug-likeness (QED) is 0.658. The fourth-order valence-corrected chi connectivity index (χ4v) is 4.02. The monoisotopic (exact) mass is 410 g/mol. The maximum absolute atomic E-state index is 11.0. The molecule has 7 heteroatoms. The highest BCUT2D eigenvalue weighted by atomic mass is 35.5. The second-order valence-corrected chi connectivity index (χ2v) is 8.94. The van der Waals surface area contributed by atoms with E-state index in [0.29, 0.717) is 27.9 Å². The lowest BCUT2D eigenvalue weighted by atomic mass is 9.86. The second kappa shape index (κ2) is 6.65. The average Bonchev–Trinajstić information content (AvgIpc) is 2.65. The molecule has 0 aromatic heterocycles. The Morgan fingerprint density at radius 3 is 2.66 bits per heavy atom. The number of hydrogen-bond acceptors (Lipinski definition) is 4. The Bertz CT molecular complexity index is 1060. The van der Waals surface area contributed by atoms with E-state index in [2.05, 4.69) is 16.7 Å². The highest BCUT2D eigenvalue weighted by Gasteiger charge is 2.44. The van der Waals surface area contributed by atoms with Gasteiger partial charge < -0.3 is 20.5 Å². The van der Waals surface area contributed by atoms with Crippen molar-refractivity contribution in [1.82, 2.24) is 5.32 Å². The molecule has 2 aromatic carbocycles. The van der Waals surface area contributed by atoms with Gasteiger partial charge in [-0.25, -0.2) is 4.99 Å². The van der Waals surface area contributed by atoms with Crippen LogP contribution in [-0.4, -0.2) is 22.8 Å². The van der Waals surface area contributed by atoms with Crippen LogP contribution in [-0.2, 0) is 5.54 Å². The van der Waals surface area contributed by atoms with Crippen LogP contribution < -0.4 is 15.4 Å². The van der Waals surface area contributed by atoms with Crippen molar-refractivity contribution in [3.63, 3.8) is 0 Å². The first-order valence-electron chi connectivity index (χ1n) is 9.45. The number of guanidine groups is 1. The van der Waals surface area contributed by atoms with Crippen molar-refractivity contribution in [1.29, 1.82) is 5.26 Å². The van der Waals surface area contributed by atoms with Crippen molar-refractivity contribution >= 4 is 23.2 Å². The van der Waals surface area contributed by atoms with Gasteiger partial charge in [0.25, 0.3) is 0 Å². The molecule has 29 heavy (non-hydrogen) atoms. The van der Waals surface area contributed by atoms with Crippen molar-refractivity contribution < 1.29 is 9.84 Å². The zero-order valence-corrected chi connectivity index (χ0v) is 17.5. The molecule has 0 spiro atoms. The summed E-state index contributed by atoms with van der Waals surface area (Å²) in [7, 11) is 0. The molecule has 0 radical (unpaired) electrons. The zero-order chi connectivity index (χ0) is 21.0. The smallest absolute Gasteiger partial charge is 0.197 e. The van der Waals surface area contributed by atoms with Crippen LogP contribution in [0.3, 0.4) is 0 Å². The number of aliphatic imine (C=N–C) groups is 1. The molecule has 6 nitrogen and oxygen atoms in total. The first-order valence-corrected chi connectivity index (χ1v) is 9.83. The summed E-state index contributed by atoms with van der Waals surface area (Å²) in [6.45, 7) is 7.75. The van der Waals surface area contributed by atoms with Crippen LogP contribution in [0.15, 0.2) is 41.4 Å². The van der Waals surface area contributed by atoms with Crippen LogP contribution in [0.2, 0.25) is 5.02 Å². The van der Waals surface area contributed by atoms with Gasteiger partial charge in [-0.1, -0.05) is 11.6 Å². The van der Waals surface area contributed by atoms with Gasteiger partial charge in [-0.3, -0.25) is 0 Å². The van der Waals surface area contributed by atoms with Crippen molar-refractivity contribution in [3.8, 4) is 11.8 Å². The number of ether oxygens (including phenoxy) is 1. The zero-order valence-electron chi connectivity index (χ0n) is 16.7. The van der Waals surface area contributed by atoms with Crippen LogP contribution in [0.1, 0.15) is 50.4 Å². The molecule has 2 aromatic rings. The Morgan fingerprint density at radius 1 is 1.17 bits per heavy atom. The lowest BCUT2D eigenvalue weighted by molar-refractivity contribution is -0.0567. The van der Waals surface area contributed by atoms with E-state index in [4.69, 9.17) is 21.3 Å². The number of rotatable bonds is 1. The van der Waals surface area contributed by atoms with Crippen LogP contribution in [0.5, 0.6) is 5.75 Å². The topological polar surface area (TPSA) is 89.7 Å². The molecule has 0 saturated heterocycles. The lowest BCUT2D eigenvalue weighted by Gasteiger charge is -2.42. The minimum absolute atomic E-state index is 0.409. The summed E-state index contributed by atoms with van der Waals surface area (Å²) in [6, 6.07) is 12.4. The second-order valence-electron chi connectivity index (χ2n) is 8.50. The Hall–Kier alpha value is -2.75. The van der Waals surface area contributed by atoms with E-state index >= 15 is 0 Å². The van der Waals surface area contributed by atoms with Gasteiger partial charge in [0.05, 0.1) is 17.2 Å². The van der Waals surface area contributed by atoms with E-state index in [1.54, 1.807) is 18.2 Å². The summed E-state index contributed by atoms with van der Waals surface area (Å²) in [6.07, 6.45) is -0.894. The van der Waals surface area contributed by atoms with Crippen molar-refractivity contribution in [3.05, 3.63) is 58.1 Å². The van der Waals surface area contributed by atoms with Crippen LogP contribution in [0.25, 0.3) is 0 Å². The first-order chi connectivity index (χ1) is 13.6. The van der Waals surface area contributed by atoms with Gasteiger partial charge in [0, 0.05) is 21.8 Å². The molecule has 0 fully saturated rings. The predicted molar refractivity (Wildman–Crippen MR) is 113 cm³/mol. The average molecular weight is 411 g/mol. The van der Waals surface area contributed by atoms with E-state index in [1.807, 2.05) is 45.9 Å². The molecule has 150 valence electrons. The van der Waals surface area contributed by atoms with Gasteiger partial charge in [0.2, 0.25) is 0 Å². The summed E-state index contributed by atoms with van der Waals surface area (Å²) in [5.41, 5.74) is 1.88. The molecule has 3 N–H and O–H groups in total. The van der Waals surface area contributed by atoms with Crippen LogP contribution >= 0.6 is 11.6 Å². The highest BCUT2D eigenvalue weighted by molar-refractivity contribution is 6.30. The minimum atomic E-state index is -0.894. The maximum Gasteiger partial charge on any atom is 0.197 e. The molecule has 2 aliphatic rings.